The number of benzene rings is 1. The highest BCUT2D eigenvalue weighted by molar-refractivity contribution is 9.09. The van der Waals surface area contributed by atoms with Crippen LogP contribution in [0.2, 0.25) is 0 Å². The maximum Gasteiger partial charge on any atom is 0.320 e. The van der Waals surface area contributed by atoms with Crippen LogP contribution in [0, 0.1) is 5.41 Å². The molecule has 24 heavy (non-hydrogen) atoms. The normalized spacial score (nSPS) is 19.1. The lowest BCUT2D eigenvalue weighted by Crippen LogP contribution is -2.38. The lowest BCUT2D eigenvalue weighted by molar-refractivity contribution is -0.149. The number of carbonyl (C=O) groups is 2. The van der Waals surface area contributed by atoms with Gasteiger partial charge in [-0.15, -0.1) is 0 Å². The van der Waals surface area contributed by atoms with Crippen molar-refractivity contribution in [3.63, 3.8) is 0 Å². The molecule has 2 rings (SSSR count). The van der Waals surface area contributed by atoms with E-state index in [9.17, 15) is 9.59 Å². The monoisotopic (exact) mass is 398 g/mol. The Hall–Kier alpha value is -1.56. The first-order valence-corrected chi connectivity index (χ1v) is 9.10. The van der Waals surface area contributed by atoms with E-state index in [1.807, 2.05) is 0 Å². The summed E-state index contributed by atoms with van der Waals surface area (Å²) in [7, 11) is 4.41. The lowest BCUT2D eigenvalue weighted by atomic mass is 9.78. The van der Waals surface area contributed by atoms with Crippen LogP contribution in [0.3, 0.4) is 0 Å². The van der Waals surface area contributed by atoms with Crippen molar-refractivity contribution in [2.24, 2.45) is 5.41 Å². The molecule has 1 unspecified atom stereocenters. The van der Waals surface area contributed by atoms with Crippen LogP contribution in [0.4, 0.5) is 0 Å². The van der Waals surface area contributed by atoms with Gasteiger partial charge in [-0.2, -0.15) is 0 Å². The summed E-state index contributed by atoms with van der Waals surface area (Å²) in [5, 5.41) is 0.917. The summed E-state index contributed by atoms with van der Waals surface area (Å²) in [5.74, 6) is 0.415. The Labute approximate surface area is 150 Å². The second-order valence-corrected chi connectivity index (χ2v) is 6.74. The quantitative estimate of drug-likeness (QED) is 0.290. The maximum atomic E-state index is 13.0. The van der Waals surface area contributed by atoms with Crippen molar-refractivity contribution in [2.45, 2.75) is 32.1 Å². The van der Waals surface area contributed by atoms with Crippen LogP contribution in [-0.4, -0.2) is 38.4 Å². The standard InChI is InChI=1S/C18H23BrO5/c1-22-14-9-12-11-18(17(21)24-3,7-5-4-6-8-19)16(20)13(12)10-15(14)23-2/h9-10H,4-8,11H2,1-3H3. The number of hydrogen-bond acceptors (Lipinski definition) is 5. The highest BCUT2D eigenvalue weighted by Crippen LogP contribution is 2.45. The second-order valence-electron chi connectivity index (χ2n) is 5.94. The van der Waals surface area contributed by atoms with Crippen LogP contribution in [0.1, 0.15) is 41.6 Å². The average molecular weight is 399 g/mol. The number of esters is 1. The Morgan fingerprint density at radius 2 is 1.79 bits per heavy atom. The number of Topliss-reactive ketones (excluding diaryl/α,β-unsaturated/α-hetero) is 1. The highest BCUT2D eigenvalue weighted by atomic mass is 79.9. The number of ether oxygens (including phenoxy) is 3. The van der Waals surface area contributed by atoms with E-state index in [1.165, 1.54) is 14.2 Å². The fourth-order valence-electron chi connectivity index (χ4n) is 3.30. The van der Waals surface area contributed by atoms with Crippen LogP contribution in [-0.2, 0) is 16.0 Å². The lowest BCUT2D eigenvalue weighted by Gasteiger charge is -2.24. The molecular formula is C18H23BrO5. The summed E-state index contributed by atoms with van der Waals surface area (Å²) in [5.41, 5.74) is 0.211. The molecule has 0 aromatic heterocycles. The summed E-state index contributed by atoms with van der Waals surface area (Å²) in [6.07, 6.45) is 3.61. The zero-order valence-corrected chi connectivity index (χ0v) is 15.9. The molecule has 1 aromatic rings. The van der Waals surface area contributed by atoms with Gasteiger partial charge in [-0.1, -0.05) is 28.8 Å². The third-order valence-electron chi connectivity index (χ3n) is 4.59. The molecule has 5 nitrogen and oxygen atoms in total. The van der Waals surface area contributed by atoms with E-state index < -0.39 is 11.4 Å². The number of methoxy groups -OCH3 is 3. The van der Waals surface area contributed by atoms with Gasteiger partial charge in [-0.3, -0.25) is 9.59 Å². The van der Waals surface area contributed by atoms with Crippen molar-refractivity contribution in [3.05, 3.63) is 23.3 Å². The molecule has 0 fully saturated rings. The number of halogens is 1. The molecule has 0 saturated heterocycles. The third-order valence-corrected chi connectivity index (χ3v) is 5.15. The Balaban J connectivity index is 2.36. The van der Waals surface area contributed by atoms with E-state index in [4.69, 9.17) is 14.2 Å². The summed E-state index contributed by atoms with van der Waals surface area (Å²) in [6.45, 7) is 0. The molecule has 0 N–H and O–H groups in total. The topological polar surface area (TPSA) is 61.8 Å². The number of carbonyl (C=O) groups excluding carboxylic acids is 2. The number of fused-ring (bicyclic) bond motifs is 1. The first-order valence-electron chi connectivity index (χ1n) is 7.98. The molecular weight excluding hydrogens is 376 g/mol. The Morgan fingerprint density at radius 1 is 1.12 bits per heavy atom. The van der Waals surface area contributed by atoms with Crippen LogP contribution in [0.25, 0.3) is 0 Å². The Bertz CT molecular complexity index is 628. The summed E-state index contributed by atoms with van der Waals surface area (Å²) in [4.78, 5) is 25.5. The van der Waals surface area contributed by atoms with Gasteiger partial charge in [-0.05, 0) is 37.0 Å². The zero-order chi connectivity index (χ0) is 17.7. The molecule has 0 amide bonds. The predicted molar refractivity (Wildman–Crippen MR) is 94.3 cm³/mol. The van der Waals surface area contributed by atoms with E-state index >= 15 is 0 Å². The fourth-order valence-corrected chi connectivity index (χ4v) is 3.70. The predicted octanol–water partition coefficient (Wildman–Crippen LogP) is 3.56. The summed E-state index contributed by atoms with van der Waals surface area (Å²) in [6, 6.07) is 3.45. The van der Waals surface area contributed by atoms with E-state index in [1.54, 1.807) is 19.2 Å². The van der Waals surface area contributed by atoms with Gasteiger partial charge in [0, 0.05) is 10.9 Å². The van der Waals surface area contributed by atoms with Crippen LogP contribution in [0.5, 0.6) is 11.5 Å². The van der Waals surface area contributed by atoms with E-state index in [2.05, 4.69) is 15.9 Å². The zero-order valence-electron chi connectivity index (χ0n) is 14.3. The van der Waals surface area contributed by atoms with E-state index in [-0.39, 0.29) is 5.78 Å². The Kier molecular flexibility index (Phi) is 6.27. The number of unbranched alkanes of at least 4 members (excludes halogenated alkanes) is 2. The van der Waals surface area contributed by atoms with Crippen LogP contribution in [0.15, 0.2) is 12.1 Å². The molecule has 132 valence electrons. The largest absolute Gasteiger partial charge is 0.493 e. The molecule has 0 radical (unpaired) electrons. The second kappa shape index (κ2) is 8.01. The molecule has 0 aliphatic heterocycles. The number of ketones is 1. The van der Waals surface area contributed by atoms with Gasteiger partial charge in [0.15, 0.2) is 17.3 Å². The van der Waals surface area contributed by atoms with Gasteiger partial charge in [0.1, 0.15) is 5.41 Å². The smallest absolute Gasteiger partial charge is 0.320 e. The molecule has 6 heteroatoms. The average Bonchev–Trinajstić information content (AvgIpc) is 2.89. The fraction of sp³-hybridized carbons (Fsp3) is 0.556. The minimum atomic E-state index is -1.12. The molecule has 0 heterocycles. The first-order chi connectivity index (χ1) is 11.5. The van der Waals surface area contributed by atoms with Crippen molar-refractivity contribution < 1.29 is 23.8 Å². The molecule has 1 atom stereocenters. The maximum absolute atomic E-state index is 13.0. The van der Waals surface area contributed by atoms with Gasteiger partial charge in [0.2, 0.25) is 0 Å². The van der Waals surface area contributed by atoms with Gasteiger partial charge in [0.05, 0.1) is 21.3 Å². The minimum absolute atomic E-state index is 0.177. The number of alkyl halides is 1. The highest BCUT2D eigenvalue weighted by Gasteiger charge is 2.52. The SMILES string of the molecule is COC(=O)C1(CCCCCBr)Cc2cc(OC)c(OC)cc2C1=O. The molecule has 1 aliphatic carbocycles. The summed E-state index contributed by atoms with van der Waals surface area (Å²) < 4.78 is 15.6. The van der Waals surface area contributed by atoms with Gasteiger partial charge in [-0.25, -0.2) is 0 Å². The van der Waals surface area contributed by atoms with Gasteiger partial charge in [0.25, 0.3) is 0 Å². The van der Waals surface area contributed by atoms with Crippen LogP contribution < -0.4 is 9.47 Å². The van der Waals surface area contributed by atoms with Crippen molar-refractivity contribution in [2.75, 3.05) is 26.7 Å². The molecule has 0 bridgehead atoms. The van der Waals surface area contributed by atoms with Crippen molar-refractivity contribution in [1.29, 1.82) is 0 Å². The van der Waals surface area contributed by atoms with Crippen molar-refractivity contribution in [1.82, 2.24) is 0 Å². The molecule has 0 spiro atoms. The molecule has 1 aliphatic rings. The number of hydrogen-bond donors (Lipinski definition) is 0. The van der Waals surface area contributed by atoms with Gasteiger partial charge < -0.3 is 14.2 Å². The first kappa shape index (κ1) is 18.8. The third kappa shape index (κ3) is 3.29. The summed E-state index contributed by atoms with van der Waals surface area (Å²) >= 11 is 3.40. The Morgan fingerprint density at radius 3 is 2.38 bits per heavy atom. The van der Waals surface area contributed by atoms with E-state index in [0.29, 0.717) is 29.9 Å². The number of rotatable bonds is 8. The minimum Gasteiger partial charge on any atom is -0.493 e. The molecule has 0 saturated carbocycles. The van der Waals surface area contributed by atoms with Crippen molar-refractivity contribution >= 4 is 27.7 Å². The van der Waals surface area contributed by atoms with Crippen molar-refractivity contribution in [3.8, 4) is 11.5 Å². The van der Waals surface area contributed by atoms with Gasteiger partial charge >= 0.3 is 5.97 Å². The van der Waals surface area contributed by atoms with E-state index in [0.717, 1.165) is 30.2 Å². The molecule has 1 aromatic carbocycles. The van der Waals surface area contributed by atoms with Crippen LogP contribution >= 0.6 is 15.9 Å².